The number of halogens is 2. The minimum absolute atomic E-state index is 0.0852. The highest BCUT2D eigenvalue weighted by atomic mass is 19.1. The summed E-state index contributed by atoms with van der Waals surface area (Å²) in [6.07, 6.45) is 4.17. The largest absolute Gasteiger partial charge is 0.423 e. The van der Waals surface area contributed by atoms with Gasteiger partial charge in [-0.25, -0.2) is 8.78 Å². The number of carbonyl (C=O) groups excluding carboxylic acids is 1. The molecule has 4 aromatic rings. The lowest BCUT2D eigenvalue weighted by molar-refractivity contribution is 0.0923. The van der Waals surface area contributed by atoms with Crippen LogP contribution in [-0.2, 0) is 0 Å². The van der Waals surface area contributed by atoms with Gasteiger partial charge in [0, 0.05) is 17.5 Å². The Labute approximate surface area is 177 Å². The van der Waals surface area contributed by atoms with Crippen molar-refractivity contribution >= 4 is 28.6 Å². The van der Waals surface area contributed by atoms with Crippen molar-refractivity contribution in [2.24, 2.45) is 5.92 Å². The average Bonchev–Trinajstić information content (AvgIpc) is 3.44. The van der Waals surface area contributed by atoms with Gasteiger partial charge < -0.3 is 9.73 Å². The number of nitrogens with zero attached hydrogens (tertiary/aromatic N) is 1. The highest BCUT2D eigenvalue weighted by molar-refractivity contribution is 5.98. The van der Waals surface area contributed by atoms with Crippen LogP contribution in [0, 0.1) is 17.6 Å². The lowest BCUT2D eigenvalue weighted by Gasteiger charge is -2.10. The Kier molecular flexibility index (Phi) is 4.98. The van der Waals surface area contributed by atoms with Crippen LogP contribution in [0.3, 0.4) is 0 Å². The molecular formula is C25H20F2N2O2. The van der Waals surface area contributed by atoms with Gasteiger partial charge in [0.15, 0.2) is 11.4 Å². The summed E-state index contributed by atoms with van der Waals surface area (Å²) in [5, 5.41) is 2.80. The molecule has 1 aliphatic carbocycles. The normalized spacial score (nSPS) is 14.3. The molecule has 6 heteroatoms. The molecule has 1 saturated carbocycles. The Balaban J connectivity index is 1.34. The number of rotatable bonds is 5. The van der Waals surface area contributed by atoms with Crippen LogP contribution < -0.4 is 5.32 Å². The number of nitrogens with one attached hydrogen (secondary N) is 1. The number of hydrogen-bond acceptors (Lipinski definition) is 4. The second kappa shape index (κ2) is 7.95. The van der Waals surface area contributed by atoms with E-state index in [2.05, 4.69) is 10.3 Å². The number of aromatic nitrogens is 1. The molecule has 1 fully saturated rings. The number of hydrogen-bond donors (Lipinski definition) is 1. The molecule has 0 spiro atoms. The van der Waals surface area contributed by atoms with Crippen molar-refractivity contribution in [2.45, 2.75) is 25.7 Å². The van der Waals surface area contributed by atoms with E-state index in [0.717, 1.165) is 31.2 Å². The third-order valence-electron chi connectivity index (χ3n) is 5.79. The molecule has 3 aromatic carbocycles. The number of benzene rings is 3. The quantitative estimate of drug-likeness (QED) is 0.359. The Morgan fingerprint density at radius 1 is 0.935 bits per heavy atom. The summed E-state index contributed by atoms with van der Waals surface area (Å²) >= 11 is 0. The maximum Gasteiger partial charge on any atom is 0.300 e. The van der Waals surface area contributed by atoms with Crippen molar-refractivity contribution < 1.29 is 18.0 Å². The molecule has 0 bridgehead atoms. The number of Topliss-reactive ketones (excluding diaryl/α,β-unsaturated/α-hetero) is 1. The van der Waals surface area contributed by atoms with E-state index in [1.807, 2.05) is 24.3 Å². The van der Waals surface area contributed by atoms with Gasteiger partial charge in [0.1, 0.15) is 17.2 Å². The maximum atomic E-state index is 14.7. The first-order valence-electron chi connectivity index (χ1n) is 10.3. The van der Waals surface area contributed by atoms with Crippen molar-refractivity contribution in [3.8, 4) is 11.1 Å². The molecule has 1 aliphatic rings. The first-order chi connectivity index (χ1) is 15.1. The van der Waals surface area contributed by atoms with Crippen molar-refractivity contribution in [1.29, 1.82) is 0 Å². The van der Waals surface area contributed by atoms with Gasteiger partial charge in [0.25, 0.3) is 6.01 Å². The van der Waals surface area contributed by atoms with E-state index >= 15 is 0 Å². The van der Waals surface area contributed by atoms with Crippen LogP contribution >= 0.6 is 0 Å². The summed E-state index contributed by atoms with van der Waals surface area (Å²) in [7, 11) is 0. The molecule has 0 radical (unpaired) electrons. The number of anilines is 2. The van der Waals surface area contributed by atoms with Crippen LogP contribution in [0.4, 0.5) is 20.5 Å². The molecule has 4 nitrogen and oxygen atoms in total. The summed E-state index contributed by atoms with van der Waals surface area (Å²) in [4.78, 5) is 16.7. The summed E-state index contributed by atoms with van der Waals surface area (Å²) in [5.74, 6) is -0.566. The Morgan fingerprint density at radius 3 is 2.42 bits per heavy atom. The SMILES string of the molecule is O=C(c1ccc(-c2ccc(Nc3nc4ccc(F)cc4o3)c(F)c2)cc1)C1CCCC1. The van der Waals surface area contributed by atoms with Crippen LogP contribution in [0.25, 0.3) is 22.2 Å². The van der Waals surface area contributed by atoms with E-state index < -0.39 is 11.6 Å². The molecule has 0 atom stereocenters. The Bertz CT molecular complexity index is 1260. The van der Waals surface area contributed by atoms with Crippen LogP contribution in [0.1, 0.15) is 36.0 Å². The molecule has 0 aliphatic heterocycles. The van der Waals surface area contributed by atoms with E-state index in [-0.39, 0.29) is 29.0 Å². The Hall–Kier alpha value is -3.54. The fourth-order valence-electron chi connectivity index (χ4n) is 4.11. The van der Waals surface area contributed by atoms with Gasteiger partial charge in [-0.15, -0.1) is 0 Å². The van der Waals surface area contributed by atoms with E-state index in [4.69, 9.17) is 4.42 Å². The summed E-state index contributed by atoms with van der Waals surface area (Å²) in [5.41, 5.74) is 3.19. The lowest BCUT2D eigenvalue weighted by Crippen LogP contribution is -2.10. The number of fused-ring (bicyclic) bond motifs is 1. The molecule has 1 aromatic heterocycles. The number of ketones is 1. The van der Waals surface area contributed by atoms with Crippen LogP contribution in [0.5, 0.6) is 0 Å². The van der Waals surface area contributed by atoms with Gasteiger partial charge in [-0.3, -0.25) is 4.79 Å². The van der Waals surface area contributed by atoms with E-state index in [1.54, 1.807) is 12.1 Å². The van der Waals surface area contributed by atoms with Gasteiger partial charge in [0.2, 0.25) is 0 Å². The van der Waals surface area contributed by atoms with Crippen molar-refractivity contribution in [2.75, 3.05) is 5.32 Å². The zero-order chi connectivity index (χ0) is 21.4. The average molecular weight is 418 g/mol. The highest BCUT2D eigenvalue weighted by Gasteiger charge is 2.23. The molecule has 0 amide bonds. The second-order valence-electron chi connectivity index (χ2n) is 7.87. The van der Waals surface area contributed by atoms with E-state index in [0.29, 0.717) is 16.6 Å². The summed E-state index contributed by atoms with van der Waals surface area (Å²) in [6.45, 7) is 0. The Morgan fingerprint density at radius 2 is 1.68 bits per heavy atom. The van der Waals surface area contributed by atoms with E-state index in [1.165, 1.54) is 24.3 Å². The molecule has 1 heterocycles. The zero-order valence-electron chi connectivity index (χ0n) is 16.7. The monoisotopic (exact) mass is 418 g/mol. The van der Waals surface area contributed by atoms with Gasteiger partial charge in [-0.1, -0.05) is 43.2 Å². The van der Waals surface area contributed by atoms with Crippen LogP contribution in [-0.4, -0.2) is 10.8 Å². The summed E-state index contributed by atoms with van der Waals surface area (Å²) < 4.78 is 33.4. The van der Waals surface area contributed by atoms with Crippen molar-refractivity contribution in [1.82, 2.24) is 4.98 Å². The number of oxazole rings is 1. The molecule has 31 heavy (non-hydrogen) atoms. The predicted molar refractivity (Wildman–Crippen MR) is 115 cm³/mol. The standard InChI is InChI=1S/C25H20F2N2O2/c26-19-10-12-22-23(14-19)31-25(29-22)28-21-11-9-18(13-20(21)27)15-5-7-17(8-6-15)24(30)16-3-1-2-4-16/h5-14,16H,1-4H2,(H,28,29). The minimum Gasteiger partial charge on any atom is -0.423 e. The first kappa shape index (κ1) is 19.4. The van der Waals surface area contributed by atoms with E-state index in [9.17, 15) is 13.6 Å². The maximum absolute atomic E-state index is 14.7. The highest BCUT2D eigenvalue weighted by Crippen LogP contribution is 2.30. The fraction of sp³-hybridized carbons (Fsp3) is 0.200. The van der Waals surface area contributed by atoms with Gasteiger partial charge >= 0.3 is 0 Å². The third kappa shape index (κ3) is 3.93. The van der Waals surface area contributed by atoms with Crippen LogP contribution in [0.2, 0.25) is 0 Å². The summed E-state index contributed by atoms with van der Waals surface area (Å²) in [6, 6.07) is 16.2. The zero-order valence-corrected chi connectivity index (χ0v) is 16.7. The van der Waals surface area contributed by atoms with Crippen LogP contribution in [0.15, 0.2) is 65.1 Å². The number of carbonyl (C=O) groups is 1. The molecular weight excluding hydrogens is 398 g/mol. The smallest absolute Gasteiger partial charge is 0.300 e. The lowest BCUT2D eigenvalue weighted by atomic mass is 9.94. The van der Waals surface area contributed by atoms with Crippen molar-refractivity contribution in [3.05, 3.63) is 77.9 Å². The topological polar surface area (TPSA) is 55.1 Å². The molecule has 1 N–H and O–H groups in total. The first-order valence-corrected chi connectivity index (χ1v) is 10.3. The molecule has 5 rings (SSSR count). The van der Waals surface area contributed by atoms with Gasteiger partial charge in [-0.05, 0) is 48.2 Å². The molecule has 0 saturated heterocycles. The molecule has 0 unspecified atom stereocenters. The fourth-order valence-corrected chi connectivity index (χ4v) is 4.11. The third-order valence-corrected chi connectivity index (χ3v) is 5.79. The minimum atomic E-state index is -0.475. The van der Waals surface area contributed by atoms with Gasteiger partial charge in [-0.2, -0.15) is 4.98 Å². The molecule has 156 valence electrons. The van der Waals surface area contributed by atoms with Gasteiger partial charge in [0.05, 0.1) is 5.69 Å². The predicted octanol–water partition coefficient (Wildman–Crippen LogP) is 6.89. The van der Waals surface area contributed by atoms with Crippen molar-refractivity contribution in [3.63, 3.8) is 0 Å². The second-order valence-corrected chi connectivity index (χ2v) is 7.87.